The Labute approximate surface area is 122 Å². The number of anilines is 2. The number of nitrogens with zero attached hydrogens (tertiary/aromatic N) is 2. The lowest BCUT2D eigenvalue weighted by atomic mass is 10.1. The van der Waals surface area contributed by atoms with E-state index in [1.807, 2.05) is 30.0 Å². The second-order valence-corrected chi connectivity index (χ2v) is 5.33. The van der Waals surface area contributed by atoms with Gasteiger partial charge in [0.1, 0.15) is 16.6 Å². The predicted octanol–water partition coefficient (Wildman–Crippen LogP) is 2.86. The molecule has 3 nitrogen and oxygen atoms in total. The van der Waals surface area contributed by atoms with Gasteiger partial charge < -0.3 is 10.6 Å². The second-order valence-electron chi connectivity index (χ2n) is 4.89. The molecule has 1 aliphatic rings. The average Bonchev–Trinajstić information content (AvgIpc) is 2.80. The largest absolute Gasteiger partial charge is 0.389 e. The monoisotopic (exact) mass is 287 g/mol. The summed E-state index contributed by atoms with van der Waals surface area (Å²) in [5, 5.41) is 0. The molecule has 102 valence electrons. The van der Waals surface area contributed by atoms with Crippen molar-refractivity contribution in [2.24, 2.45) is 5.73 Å². The Kier molecular flexibility index (Phi) is 3.14. The predicted molar refractivity (Wildman–Crippen MR) is 82.0 cm³/mol. The van der Waals surface area contributed by atoms with Gasteiger partial charge in [-0.2, -0.15) is 0 Å². The van der Waals surface area contributed by atoms with Crippen LogP contribution in [-0.4, -0.2) is 16.5 Å². The lowest BCUT2D eigenvalue weighted by Crippen LogP contribution is -2.17. The second kappa shape index (κ2) is 4.83. The highest BCUT2D eigenvalue weighted by Crippen LogP contribution is 2.34. The van der Waals surface area contributed by atoms with Crippen molar-refractivity contribution in [3.05, 3.63) is 53.0 Å². The van der Waals surface area contributed by atoms with Crippen molar-refractivity contribution in [2.75, 3.05) is 11.4 Å². The summed E-state index contributed by atoms with van der Waals surface area (Å²) in [4.78, 5) is 6.87. The molecule has 0 unspecified atom stereocenters. The van der Waals surface area contributed by atoms with Crippen LogP contribution in [0.15, 0.2) is 30.3 Å². The quantitative estimate of drug-likeness (QED) is 0.862. The number of aryl methyl sites for hydroxylation is 1. The Balaban J connectivity index is 2.08. The number of hydrogen-bond acceptors (Lipinski definition) is 3. The van der Waals surface area contributed by atoms with Crippen molar-refractivity contribution in [3.8, 4) is 0 Å². The van der Waals surface area contributed by atoms with E-state index >= 15 is 0 Å². The highest BCUT2D eigenvalue weighted by molar-refractivity contribution is 7.80. The molecule has 0 saturated heterocycles. The van der Waals surface area contributed by atoms with Crippen LogP contribution in [0.1, 0.15) is 16.8 Å². The SMILES string of the molecule is Cc1cc(C(N)=S)cc(N2CCc3ccc(F)cc32)n1. The van der Waals surface area contributed by atoms with Crippen LogP contribution in [0.5, 0.6) is 0 Å². The molecule has 2 heterocycles. The van der Waals surface area contributed by atoms with Gasteiger partial charge in [0.2, 0.25) is 0 Å². The molecule has 0 saturated carbocycles. The van der Waals surface area contributed by atoms with E-state index in [0.29, 0.717) is 4.99 Å². The van der Waals surface area contributed by atoms with Crippen LogP contribution in [0.25, 0.3) is 0 Å². The molecule has 1 aliphatic heterocycles. The van der Waals surface area contributed by atoms with Crippen molar-refractivity contribution in [3.63, 3.8) is 0 Å². The standard InChI is InChI=1S/C15H14FN3S/c1-9-6-11(15(17)20)7-14(18-9)19-5-4-10-2-3-12(16)8-13(10)19/h2-3,6-8H,4-5H2,1H3,(H2,17,20). The smallest absolute Gasteiger partial charge is 0.133 e. The van der Waals surface area contributed by atoms with Gasteiger partial charge in [0.15, 0.2) is 0 Å². The normalized spacial score (nSPS) is 13.4. The molecule has 0 amide bonds. The van der Waals surface area contributed by atoms with E-state index in [2.05, 4.69) is 4.98 Å². The molecule has 0 spiro atoms. The van der Waals surface area contributed by atoms with Gasteiger partial charge in [0.25, 0.3) is 0 Å². The number of hydrogen-bond donors (Lipinski definition) is 1. The van der Waals surface area contributed by atoms with Gasteiger partial charge in [-0.3, -0.25) is 0 Å². The van der Waals surface area contributed by atoms with Gasteiger partial charge in [0, 0.05) is 23.5 Å². The molecule has 1 aromatic carbocycles. The lowest BCUT2D eigenvalue weighted by Gasteiger charge is -2.19. The first kappa shape index (κ1) is 13.0. The Morgan fingerprint density at radius 3 is 2.90 bits per heavy atom. The molecule has 0 bridgehead atoms. The minimum atomic E-state index is -0.238. The first-order valence-electron chi connectivity index (χ1n) is 6.39. The Hall–Kier alpha value is -2.01. The van der Waals surface area contributed by atoms with Crippen LogP contribution in [0.2, 0.25) is 0 Å². The minimum Gasteiger partial charge on any atom is -0.389 e. The first-order chi connectivity index (χ1) is 9.54. The maximum Gasteiger partial charge on any atom is 0.133 e. The van der Waals surface area contributed by atoms with Gasteiger partial charge >= 0.3 is 0 Å². The zero-order valence-corrected chi connectivity index (χ0v) is 11.9. The summed E-state index contributed by atoms with van der Waals surface area (Å²) < 4.78 is 13.4. The van der Waals surface area contributed by atoms with Crippen molar-refractivity contribution >= 4 is 28.7 Å². The molecule has 0 atom stereocenters. The molecule has 0 fully saturated rings. The van der Waals surface area contributed by atoms with Crippen LogP contribution in [-0.2, 0) is 6.42 Å². The fraction of sp³-hybridized carbons (Fsp3) is 0.200. The number of rotatable bonds is 2. The maximum atomic E-state index is 13.4. The van der Waals surface area contributed by atoms with Crippen molar-refractivity contribution in [1.29, 1.82) is 0 Å². The summed E-state index contributed by atoms with van der Waals surface area (Å²) in [7, 11) is 0. The summed E-state index contributed by atoms with van der Waals surface area (Å²) in [6, 6.07) is 8.58. The third kappa shape index (κ3) is 2.25. The number of halogens is 1. The summed E-state index contributed by atoms with van der Waals surface area (Å²) in [6.45, 7) is 2.68. The van der Waals surface area contributed by atoms with Crippen LogP contribution in [0.3, 0.4) is 0 Å². The zero-order valence-electron chi connectivity index (χ0n) is 11.1. The highest BCUT2D eigenvalue weighted by atomic mass is 32.1. The van der Waals surface area contributed by atoms with Crippen LogP contribution >= 0.6 is 12.2 Å². The van der Waals surface area contributed by atoms with Crippen LogP contribution < -0.4 is 10.6 Å². The molecular weight excluding hydrogens is 273 g/mol. The van der Waals surface area contributed by atoms with E-state index < -0.39 is 0 Å². The highest BCUT2D eigenvalue weighted by Gasteiger charge is 2.22. The molecule has 2 aromatic rings. The molecule has 2 N–H and O–H groups in total. The fourth-order valence-electron chi connectivity index (χ4n) is 2.52. The maximum absolute atomic E-state index is 13.4. The number of pyridine rings is 1. The summed E-state index contributed by atoms with van der Waals surface area (Å²) in [5.74, 6) is 0.523. The number of fused-ring (bicyclic) bond motifs is 1. The van der Waals surface area contributed by atoms with Crippen molar-refractivity contribution < 1.29 is 4.39 Å². The zero-order chi connectivity index (χ0) is 14.3. The molecule has 0 radical (unpaired) electrons. The average molecular weight is 287 g/mol. The van der Waals surface area contributed by atoms with E-state index in [1.165, 1.54) is 6.07 Å². The molecule has 20 heavy (non-hydrogen) atoms. The number of thiocarbonyl (C=S) groups is 1. The van der Waals surface area contributed by atoms with Crippen LogP contribution in [0, 0.1) is 12.7 Å². The van der Waals surface area contributed by atoms with Gasteiger partial charge in [-0.1, -0.05) is 18.3 Å². The van der Waals surface area contributed by atoms with E-state index in [4.69, 9.17) is 18.0 Å². The molecule has 0 aliphatic carbocycles. The van der Waals surface area contributed by atoms with Gasteiger partial charge in [0.05, 0.1) is 0 Å². The molecule has 3 rings (SSSR count). The Morgan fingerprint density at radius 2 is 2.15 bits per heavy atom. The van der Waals surface area contributed by atoms with Crippen molar-refractivity contribution in [1.82, 2.24) is 4.98 Å². The van der Waals surface area contributed by atoms with E-state index in [9.17, 15) is 4.39 Å². The van der Waals surface area contributed by atoms with E-state index in [-0.39, 0.29) is 5.82 Å². The Morgan fingerprint density at radius 1 is 1.35 bits per heavy atom. The molecule has 1 aromatic heterocycles. The van der Waals surface area contributed by atoms with Gasteiger partial charge in [-0.15, -0.1) is 0 Å². The fourth-order valence-corrected chi connectivity index (χ4v) is 2.64. The minimum absolute atomic E-state index is 0.238. The first-order valence-corrected chi connectivity index (χ1v) is 6.80. The number of nitrogens with two attached hydrogens (primary N) is 1. The molecular formula is C15H14FN3S. The van der Waals surface area contributed by atoms with E-state index in [1.54, 1.807) is 6.07 Å². The summed E-state index contributed by atoms with van der Waals surface area (Å²) >= 11 is 5.03. The van der Waals surface area contributed by atoms with Gasteiger partial charge in [-0.05, 0) is 43.2 Å². The third-order valence-corrected chi connectivity index (χ3v) is 3.68. The Bertz CT molecular complexity index is 700. The number of aromatic nitrogens is 1. The topological polar surface area (TPSA) is 42.1 Å². The van der Waals surface area contributed by atoms with Crippen molar-refractivity contribution in [2.45, 2.75) is 13.3 Å². The summed E-state index contributed by atoms with van der Waals surface area (Å²) in [5.41, 5.74) is 9.32. The van der Waals surface area contributed by atoms with Crippen LogP contribution in [0.4, 0.5) is 15.9 Å². The number of benzene rings is 1. The van der Waals surface area contributed by atoms with Gasteiger partial charge in [-0.25, -0.2) is 9.37 Å². The van der Waals surface area contributed by atoms with E-state index in [0.717, 1.165) is 41.3 Å². The summed E-state index contributed by atoms with van der Waals surface area (Å²) in [6.07, 6.45) is 0.883. The molecule has 5 heteroatoms. The lowest BCUT2D eigenvalue weighted by molar-refractivity contribution is 0.628. The third-order valence-electron chi connectivity index (χ3n) is 3.44.